The van der Waals surface area contributed by atoms with Crippen molar-refractivity contribution >= 4 is 15.7 Å². The zero-order valence-electron chi connectivity index (χ0n) is 17.6. The molecular formula is C23H34N2O2S. The van der Waals surface area contributed by atoms with Crippen LogP contribution in [0, 0.1) is 0 Å². The van der Waals surface area contributed by atoms with Gasteiger partial charge in [-0.1, -0.05) is 52.0 Å². The number of benzene rings is 2. The summed E-state index contributed by atoms with van der Waals surface area (Å²) in [6.07, 6.45) is 3.31. The lowest BCUT2D eigenvalue weighted by Crippen LogP contribution is -2.27. The van der Waals surface area contributed by atoms with Crippen LogP contribution in [0.5, 0.6) is 0 Å². The molecule has 0 aliphatic carbocycles. The van der Waals surface area contributed by atoms with Crippen molar-refractivity contribution in [1.29, 1.82) is 0 Å². The highest BCUT2D eigenvalue weighted by Crippen LogP contribution is 2.20. The average Bonchev–Trinajstić information content (AvgIpc) is 2.67. The van der Waals surface area contributed by atoms with Crippen molar-refractivity contribution < 1.29 is 8.42 Å². The smallest absolute Gasteiger partial charge is 0.261 e. The second-order valence-electron chi connectivity index (χ2n) is 7.62. The molecule has 5 heteroatoms. The molecular weight excluding hydrogens is 368 g/mol. The molecule has 0 fully saturated rings. The fraction of sp³-hybridized carbons (Fsp3) is 0.478. The van der Waals surface area contributed by atoms with E-state index in [1.54, 1.807) is 12.1 Å². The predicted molar refractivity (Wildman–Crippen MR) is 119 cm³/mol. The topological polar surface area (TPSA) is 49.4 Å². The summed E-state index contributed by atoms with van der Waals surface area (Å²) < 4.78 is 27.9. The van der Waals surface area contributed by atoms with Gasteiger partial charge >= 0.3 is 0 Å². The minimum absolute atomic E-state index is 0.288. The normalized spacial score (nSPS) is 11.9. The summed E-state index contributed by atoms with van der Waals surface area (Å²) in [7, 11) is -3.57. The van der Waals surface area contributed by atoms with E-state index in [1.807, 2.05) is 36.4 Å². The van der Waals surface area contributed by atoms with Crippen molar-refractivity contribution in [2.45, 2.75) is 57.8 Å². The average molecular weight is 403 g/mol. The molecule has 2 aromatic carbocycles. The highest BCUT2D eigenvalue weighted by molar-refractivity contribution is 7.92. The Morgan fingerprint density at radius 1 is 0.857 bits per heavy atom. The Bertz CT molecular complexity index is 807. The Morgan fingerprint density at radius 3 is 1.93 bits per heavy atom. The Hall–Kier alpha value is -1.85. The first-order chi connectivity index (χ1) is 13.4. The summed E-state index contributed by atoms with van der Waals surface area (Å²) in [5, 5.41) is 0. The van der Waals surface area contributed by atoms with Crippen molar-refractivity contribution in [2.24, 2.45) is 0 Å². The minimum Gasteiger partial charge on any atom is -0.303 e. The molecule has 0 aliphatic rings. The van der Waals surface area contributed by atoms with Gasteiger partial charge in [0.05, 0.1) is 4.90 Å². The van der Waals surface area contributed by atoms with Crippen LogP contribution in [0.2, 0.25) is 0 Å². The molecule has 154 valence electrons. The van der Waals surface area contributed by atoms with Crippen LogP contribution in [0.15, 0.2) is 53.4 Å². The standard InChI is InChI=1S/C23H34N2O2S/c1-5-16-25(17-6-2)18-15-20-7-11-22(12-8-20)24-28(26,27)23-13-9-21(10-14-23)19(3)4/h7-14,19,24H,5-6,15-18H2,1-4H3. The number of rotatable bonds is 11. The van der Waals surface area contributed by atoms with Crippen molar-refractivity contribution in [1.82, 2.24) is 4.90 Å². The van der Waals surface area contributed by atoms with Gasteiger partial charge in [0.25, 0.3) is 10.0 Å². The number of nitrogens with one attached hydrogen (secondary N) is 1. The van der Waals surface area contributed by atoms with Gasteiger partial charge in [-0.15, -0.1) is 0 Å². The lowest BCUT2D eigenvalue weighted by Gasteiger charge is -2.20. The first-order valence-corrected chi connectivity index (χ1v) is 11.8. The van der Waals surface area contributed by atoms with Crippen LogP contribution in [0.4, 0.5) is 5.69 Å². The summed E-state index contributed by atoms with van der Waals surface area (Å²) in [5.41, 5.74) is 2.94. The van der Waals surface area contributed by atoms with Crippen molar-refractivity contribution in [2.75, 3.05) is 24.4 Å². The zero-order valence-corrected chi connectivity index (χ0v) is 18.4. The van der Waals surface area contributed by atoms with Crippen LogP contribution in [-0.2, 0) is 16.4 Å². The molecule has 0 heterocycles. The Morgan fingerprint density at radius 2 is 1.43 bits per heavy atom. The third-order valence-electron chi connectivity index (χ3n) is 4.86. The molecule has 1 N–H and O–H groups in total. The molecule has 28 heavy (non-hydrogen) atoms. The molecule has 0 atom stereocenters. The molecule has 0 aromatic heterocycles. The van der Waals surface area contributed by atoms with Crippen LogP contribution in [0.3, 0.4) is 0 Å². The largest absolute Gasteiger partial charge is 0.303 e. The second-order valence-corrected chi connectivity index (χ2v) is 9.30. The minimum atomic E-state index is -3.57. The SMILES string of the molecule is CCCN(CCC)CCc1ccc(NS(=O)(=O)c2ccc(C(C)C)cc2)cc1. The quantitative estimate of drug-likeness (QED) is 0.557. The second kappa shape index (κ2) is 10.6. The van der Waals surface area contributed by atoms with E-state index < -0.39 is 10.0 Å². The van der Waals surface area contributed by atoms with Crippen LogP contribution in [-0.4, -0.2) is 33.0 Å². The molecule has 4 nitrogen and oxygen atoms in total. The Kier molecular flexibility index (Phi) is 8.52. The summed E-state index contributed by atoms with van der Waals surface area (Å²) in [6, 6.07) is 14.8. The molecule has 0 aliphatic heterocycles. The number of anilines is 1. The van der Waals surface area contributed by atoms with E-state index in [2.05, 4.69) is 37.3 Å². The van der Waals surface area contributed by atoms with Gasteiger partial charge in [0, 0.05) is 12.2 Å². The third-order valence-corrected chi connectivity index (χ3v) is 6.26. The van der Waals surface area contributed by atoms with E-state index in [9.17, 15) is 8.42 Å². The van der Waals surface area contributed by atoms with Crippen molar-refractivity contribution in [3.8, 4) is 0 Å². The molecule has 0 amide bonds. The predicted octanol–water partition coefficient (Wildman–Crippen LogP) is 5.28. The molecule has 2 aromatic rings. The summed E-state index contributed by atoms with van der Waals surface area (Å²) >= 11 is 0. The number of hydrogen-bond acceptors (Lipinski definition) is 3. The van der Waals surface area contributed by atoms with Gasteiger partial charge in [-0.2, -0.15) is 0 Å². The molecule has 0 bridgehead atoms. The highest BCUT2D eigenvalue weighted by Gasteiger charge is 2.14. The highest BCUT2D eigenvalue weighted by atomic mass is 32.2. The van der Waals surface area contributed by atoms with Gasteiger partial charge < -0.3 is 4.90 Å². The van der Waals surface area contributed by atoms with Gasteiger partial charge in [0.2, 0.25) is 0 Å². The molecule has 0 saturated carbocycles. The lowest BCUT2D eigenvalue weighted by molar-refractivity contribution is 0.278. The number of hydrogen-bond donors (Lipinski definition) is 1. The monoisotopic (exact) mass is 402 g/mol. The maximum atomic E-state index is 12.6. The molecule has 0 radical (unpaired) electrons. The molecule has 0 saturated heterocycles. The van der Waals surface area contributed by atoms with Crippen LogP contribution in [0.1, 0.15) is 57.6 Å². The van der Waals surface area contributed by atoms with Gasteiger partial charge in [-0.3, -0.25) is 4.72 Å². The zero-order chi connectivity index (χ0) is 20.6. The number of sulfonamides is 1. The van der Waals surface area contributed by atoms with Crippen molar-refractivity contribution in [3.63, 3.8) is 0 Å². The number of nitrogens with zero attached hydrogens (tertiary/aromatic N) is 1. The van der Waals surface area contributed by atoms with Gasteiger partial charge in [0.15, 0.2) is 0 Å². The van der Waals surface area contributed by atoms with E-state index in [1.165, 1.54) is 18.4 Å². The maximum Gasteiger partial charge on any atom is 0.261 e. The van der Waals surface area contributed by atoms with E-state index in [4.69, 9.17) is 0 Å². The van der Waals surface area contributed by atoms with Gasteiger partial charge in [-0.25, -0.2) is 8.42 Å². The molecule has 0 spiro atoms. The van der Waals surface area contributed by atoms with Crippen molar-refractivity contribution in [3.05, 3.63) is 59.7 Å². The van der Waals surface area contributed by atoms with E-state index in [-0.39, 0.29) is 4.90 Å². The first-order valence-electron chi connectivity index (χ1n) is 10.3. The fourth-order valence-electron chi connectivity index (χ4n) is 3.24. The fourth-order valence-corrected chi connectivity index (χ4v) is 4.30. The van der Waals surface area contributed by atoms with E-state index >= 15 is 0 Å². The Labute approximate surface area is 171 Å². The maximum absolute atomic E-state index is 12.6. The molecule has 0 unspecified atom stereocenters. The summed E-state index contributed by atoms with van der Waals surface area (Å²) in [4.78, 5) is 2.77. The molecule has 2 rings (SSSR count). The Balaban J connectivity index is 1.99. The van der Waals surface area contributed by atoms with E-state index in [0.29, 0.717) is 11.6 Å². The summed E-state index contributed by atoms with van der Waals surface area (Å²) in [5.74, 6) is 0.378. The first kappa shape index (κ1) is 22.4. The van der Waals surface area contributed by atoms with Crippen LogP contribution < -0.4 is 4.72 Å². The summed E-state index contributed by atoms with van der Waals surface area (Å²) in [6.45, 7) is 11.9. The van der Waals surface area contributed by atoms with Gasteiger partial charge in [-0.05, 0) is 73.7 Å². The third kappa shape index (κ3) is 6.64. The van der Waals surface area contributed by atoms with E-state index in [0.717, 1.165) is 31.6 Å². The lowest BCUT2D eigenvalue weighted by atomic mass is 10.0. The van der Waals surface area contributed by atoms with Crippen LogP contribution >= 0.6 is 0 Å². The van der Waals surface area contributed by atoms with Crippen LogP contribution in [0.25, 0.3) is 0 Å². The van der Waals surface area contributed by atoms with Gasteiger partial charge in [0.1, 0.15) is 0 Å².